The van der Waals surface area contributed by atoms with Crippen LogP contribution in [0.15, 0.2) is 53.3 Å². The first-order valence-corrected chi connectivity index (χ1v) is 6.80. The van der Waals surface area contributed by atoms with Gasteiger partial charge >= 0.3 is 5.97 Å². The van der Waals surface area contributed by atoms with E-state index in [4.69, 9.17) is 4.74 Å². The number of pyridine rings is 1. The highest BCUT2D eigenvalue weighted by atomic mass is 79.9. The highest BCUT2D eigenvalue weighted by Gasteiger charge is 2.10. The van der Waals surface area contributed by atoms with Crippen molar-refractivity contribution < 1.29 is 9.53 Å². The van der Waals surface area contributed by atoms with E-state index in [1.165, 1.54) is 7.11 Å². The van der Waals surface area contributed by atoms with Crippen LogP contribution in [0.2, 0.25) is 0 Å². The zero-order chi connectivity index (χ0) is 14.1. The molecule has 0 saturated heterocycles. The number of aromatic nitrogens is 2. The average Bonchev–Trinajstić information content (AvgIpc) is 2.89. The van der Waals surface area contributed by atoms with Crippen molar-refractivity contribution >= 4 is 27.5 Å². The van der Waals surface area contributed by atoms with Crippen molar-refractivity contribution in [3.63, 3.8) is 0 Å². The fraction of sp³-hybridized carbons (Fsp3) is 0.0667. The first-order valence-electron chi connectivity index (χ1n) is 6.01. The van der Waals surface area contributed by atoms with Crippen LogP contribution in [0.3, 0.4) is 0 Å². The van der Waals surface area contributed by atoms with Crippen LogP contribution in [0.5, 0.6) is 0 Å². The molecule has 1 aromatic carbocycles. The van der Waals surface area contributed by atoms with Crippen LogP contribution >= 0.6 is 15.9 Å². The van der Waals surface area contributed by atoms with Gasteiger partial charge in [-0.3, -0.25) is 0 Å². The minimum atomic E-state index is -0.363. The zero-order valence-electron chi connectivity index (χ0n) is 10.7. The van der Waals surface area contributed by atoms with E-state index in [-0.39, 0.29) is 5.97 Å². The van der Waals surface area contributed by atoms with E-state index in [0.29, 0.717) is 11.2 Å². The largest absolute Gasteiger partial charge is 0.465 e. The molecule has 0 atom stereocenters. The number of nitrogens with zero attached hydrogens (tertiary/aromatic N) is 2. The summed E-state index contributed by atoms with van der Waals surface area (Å²) in [5, 5.41) is 0. The molecule has 100 valence electrons. The highest BCUT2D eigenvalue weighted by Crippen LogP contribution is 2.27. The Kier molecular flexibility index (Phi) is 3.28. The number of hydrogen-bond acceptors (Lipinski definition) is 3. The predicted octanol–water partition coefficient (Wildman–Crippen LogP) is 3.55. The van der Waals surface area contributed by atoms with Crippen LogP contribution in [-0.4, -0.2) is 22.5 Å². The molecule has 5 heteroatoms. The number of halogens is 1. The maximum absolute atomic E-state index is 11.5. The van der Waals surface area contributed by atoms with E-state index < -0.39 is 0 Å². The Hall–Kier alpha value is -2.14. The molecule has 0 radical (unpaired) electrons. The molecule has 20 heavy (non-hydrogen) atoms. The maximum Gasteiger partial charge on any atom is 0.338 e. The summed E-state index contributed by atoms with van der Waals surface area (Å²) in [6, 6.07) is 11.3. The smallest absolute Gasteiger partial charge is 0.338 e. The predicted molar refractivity (Wildman–Crippen MR) is 79.7 cm³/mol. The van der Waals surface area contributed by atoms with Crippen LogP contribution in [0, 0.1) is 0 Å². The third kappa shape index (κ3) is 2.20. The Labute approximate surface area is 124 Å². The van der Waals surface area contributed by atoms with Crippen LogP contribution in [-0.2, 0) is 4.74 Å². The number of ether oxygens (including phenoxy) is 1. The van der Waals surface area contributed by atoms with Crippen LogP contribution in [0.25, 0.3) is 16.9 Å². The molecule has 3 rings (SSSR count). The first-order chi connectivity index (χ1) is 9.69. The lowest BCUT2D eigenvalue weighted by molar-refractivity contribution is 0.0600. The van der Waals surface area contributed by atoms with Gasteiger partial charge in [-0.2, -0.15) is 0 Å². The summed E-state index contributed by atoms with van der Waals surface area (Å²) in [5.74, 6) is -0.363. The molecule has 0 aliphatic carbocycles. The standard InChI is InChI=1S/C15H11BrN2O2/c1-20-15(19)10-6-7-18-9-13(17-14(18)8-10)11-4-2-3-5-12(11)16/h2-9H,1H3. The Bertz CT molecular complexity index is 795. The van der Waals surface area contributed by atoms with Gasteiger partial charge in [-0.15, -0.1) is 0 Å². The summed E-state index contributed by atoms with van der Waals surface area (Å²) >= 11 is 3.52. The minimum Gasteiger partial charge on any atom is -0.465 e. The Morgan fingerprint density at radius 2 is 2.10 bits per heavy atom. The summed E-state index contributed by atoms with van der Waals surface area (Å²) in [6.45, 7) is 0. The van der Waals surface area contributed by atoms with E-state index in [1.54, 1.807) is 18.3 Å². The molecule has 3 aromatic rings. The van der Waals surface area contributed by atoms with E-state index in [1.807, 2.05) is 34.9 Å². The molecule has 0 spiro atoms. The second-order valence-electron chi connectivity index (χ2n) is 4.28. The monoisotopic (exact) mass is 330 g/mol. The molecule has 0 aliphatic heterocycles. The normalized spacial score (nSPS) is 10.7. The molecule has 0 N–H and O–H groups in total. The lowest BCUT2D eigenvalue weighted by Crippen LogP contribution is -2.01. The van der Waals surface area contributed by atoms with Gasteiger partial charge in [0, 0.05) is 22.4 Å². The third-order valence-electron chi connectivity index (χ3n) is 3.03. The molecular formula is C15H11BrN2O2. The molecule has 0 aliphatic rings. The van der Waals surface area contributed by atoms with Crippen molar-refractivity contribution in [2.75, 3.05) is 7.11 Å². The van der Waals surface area contributed by atoms with Crippen molar-refractivity contribution in [1.29, 1.82) is 0 Å². The van der Waals surface area contributed by atoms with Crippen molar-refractivity contribution in [3.8, 4) is 11.3 Å². The number of esters is 1. The summed E-state index contributed by atoms with van der Waals surface area (Å²) in [5.41, 5.74) is 3.05. The number of methoxy groups -OCH3 is 1. The number of carbonyl (C=O) groups excluding carboxylic acids is 1. The first kappa shape index (κ1) is 12.9. The van der Waals surface area contributed by atoms with Crippen molar-refractivity contribution in [1.82, 2.24) is 9.38 Å². The number of benzene rings is 1. The van der Waals surface area contributed by atoms with Gasteiger partial charge in [0.2, 0.25) is 0 Å². The maximum atomic E-state index is 11.5. The summed E-state index contributed by atoms with van der Waals surface area (Å²) in [4.78, 5) is 16.1. The van der Waals surface area contributed by atoms with E-state index in [0.717, 1.165) is 15.7 Å². The average molecular weight is 331 g/mol. The van der Waals surface area contributed by atoms with Gasteiger partial charge < -0.3 is 9.14 Å². The number of hydrogen-bond donors (Lipinski definition) is 0. The van der Waals surface area contributed by atoms with Crippen LogP contribution in [0.1, 0.15) is 10.4 Å². The second kappa shape index (κ2) is 5.09. The topological polar surface area (TPSA) is 43.6 Å². The molecule has 0 unspecified atom stereocenters. The van der Waals surface area contributed by atoms with E-state index in [2.05, 4.69) is 20.9 Å². The zero-order valence-corrected chi connectivity index (χ0v) is 12.3. The molecule has 0 bridgehead atoms. The summed E-state index contributed by atoms with van der Waals surface area (Å²) < 4.78 is 7.57. The number of fused-ring (bicyclic) bond motifs is 1. The Morgan fingerprint density at radius 3 is 2.85 bits per heavy atom. The van der Waals surface area contributed by atoms with Gasteiger partial charge in [0.15, 0.2) is 0 Å². The molecule has 0 saturated carbocycles. The summed E-state index contributed by atoms with van der Waals surface area (Å²) in [6.07, 6.45) is 3.73. The van der Waals surface area contributed by atoms with Crippen LogP contribution < -0.4 is 0 Å². The van der Waals surface area contributed by atoms with Gasteiger partial charge in [0.1, 0.15) is 5.65 Å². The molecular weight excluding hydrogens is 320 g/mol. The van der Waals surface area contributed by atoms with Crippen molar-refractivity contribution in [2.24, 2.45) is 0 Å². The highest BCUT2D eigenvalue weighted by molar-refractivity contribution is 9.10. The number of imidazole rings is 1. The van der Waals surface area contributed by atoms with Gasteiger partial charge in [-0.1, -0.05) is 34.1 Å². The van der Waals surface area contributed by atoms with E-state index in [9.17, 15) is 4.79 Å². The van der Waals surface area contributed by atoms with E-state index >= 15 is 0 Å². The molecule has 4 nitrogen and oxygen atoms in total. The fourth-order valence-electron chi connectivity index (χ4n) is 2.03. The minimum absolute atomic E-state index is 0.363. The van der Waals surface area contributed by atoms with Gasteiger partial charge in [0.05, 0.1) is 18.4 Å². The lowest BCUT2D eigenvalue weighted by Gasteiger charge is -1.98. The van der Waals surface area contributed by atoms with Gasteiger partial charge in [-0.25, -0.2) is 9.78 Å². The van der Waals surface area contributed by atoms with Gasteiger partial charge in [0.25, 0.3) is 0 Å². The Morgan fingerprint density at radius 1 is 1.30 bits per heavy atom. The summed E-state index contributed by atoms with van der Waals surface area (Å²) in [7, 11) is 1.37. The fourth-order valence-corrected chi connectivity index (χ4v) is 2.51. The van der Waals surface area contributed by atoms with Crippen LogP contribution in [0.4, 0.5) is 0 Å². The van der Waals surface area contributed by atoms with Crippen molar-refractivity contribution in [2.45, 2.75) is 0 Å². The Balaban J connectivity index is 2.12. The third-order valence-corrected chi connectivity index (χ3v) is 3.72. The number of rotatable bonds is 2. The molecule has 2 heterocycles. The molecule has 2 aromatic heterocycles. The molecule has 0 fully saturated rings. The van der Waals surface area contributed by atoms with Crippen molar-refractivity contribution in [3.05, 3.63) is 58.8 Å². The number of carbonyl (C=O) groups is 1. The lowest BCUT2D eigenvalue weighted by atomic mass is 10.2. The van der Waals surface area contributed by atoms with Gasteiger partial charge in [-0.05, 0) is 18.2 Å². The SMILES string of the molecule is COC(=O)c1ccn2cc(-c3ccccc3Br)nc2c1. The quantitative estimate of drug-likeness (QED) is 0.675. The second-order valence-corrected chi connectivity index (χ2v) is 5.13. The molecule has 0 amide bonds.